The molecule has 2 aromatic carbocycles. The van der Waals surface area contributed by atoms with E-state index in [1.165, 1.54) is 15.2 Å². The summed E-state index contributed by atoms with van der Waals surface area (Å²) in [6, 6.07) is 16.6. The van der Waals surface area contributed by atoms with Gasteiger partial charge < -0.3 is 20.4 Å². The molecule has 0 saturated carbocycles. The van der Waals surface area contributed by atoms with Gasteiger partial charge in [-0.1, -0.05) is 42.1 Å². The van der Waals surface area contributed by atoms with Crippen molar-refractivity contribution >= 4 is 34.4 Å². The van der Waals surface area contributed by atoms with Crippen molar-refractivity contribution in [1.82, 2.24) is 10.3 Å². The molecular weight excluding hydrogens is 370 g/mol. The number of benzene rings is 2. The molecule has 0 spiro atoms. The van der Waals surface area contributed by atoms with Crippen molar-refractivity contribution in [1.29, 1.82) is 0 Å². The molecule has 6 heteroatoms. The number of aryl methyl sites for hydroxylation is 1. The molecule has 3 rings (SSSR count). The molecule has 0 fully saturated rings. The molecule has 0 radical (unpaired) electrons. The average molecular weight is 398 g/mol. The predicted molar refractivity (Wildman–Crippen MR) is 116 cm³/mol. The number of ether oxygens (including phenoxy) is 1. The highest BCUT2D eigenvalue weighted by molar-refractivity contribution is 7.99. The maximum absolute atomic E-state index is 11.7. The first kappa shape index (κ1) is 20.1. The number of rotatable bonds is 6. The first-order valence-corrected chi connectivity index (χ1v) is 10.2. The first-order valence-electron chi connectivity index (χ1n) is 9.38. The van der Waals surface area contributed by atoms with Crippen LogP contribution in [0.1, 0.15) is 26.5 Å². The van der Waals surface area contributed by atoms with E-state index < -0.39 is 11.7 Å². The monoisotopic (exact) mass is 397 g/mol. The summed E-state index contributed by atoms with van der Waals surface area (Å²) in [5, 5.41) is 7.36. The van der Waals surface area contributed by atoms with E-state index >= 15 is 0 Å². The number of alkyl carbamates (subject to hydrolysis) is 1. The number of amides is 1. The van der Waals surface area contributed by atoms with Gasteiger partial charge in [0.1, 0.15) is 5.60 Å². The van der Waals surface area contributed by atoms with Gasteiger partial charge in [0.15, 0.2) is 0 Å². The number of para-hydroxylation sites is 1. The number of aromatic nitrogens is 1. The van der Waals surface area contributed by atoms with Gasteiger partial charge >= 0.3 is 6.09 Å². The van der Waals surface area contributed by atoms with Gasteiger partial charge in [0.05, 0.1) is 11.2 Å². The highest BCUT2D eigenvalue weighted by Crippen LogP contribution is 2.38. The Morgan fingerprint density at radius 3 is 2.54 bits per heavy atom. The summed E-state index contributed by atoms with van der Waals surface area (Å²) < 4.78 is 5.25. The SMILES string of the molecule is Cc1[nH]c2c(NCCNC(=O)OC(C)(C)C)cccc2c1Sc1ccccc1. The molecule has 3 aromatic rings. The molecule has 0 unspecified atom stereocenters. The van der Waals surface area contributed by atoms with Gasteiger partial charge in [0, 0.05) is 34.0 Å². The fraction of sp³-hybridized carbons (Fsp3) is 0.318. The normalized spacial score (nSPS) is 11.4. The minimum Gasteiger partial charge on any atom is -0.444 e. The molecule has 3 N–H and O–H groups in total. The minimum absolute atomic E-state index is 0.398. The molecule has 0 atom stereocenters. The van der Waals surface area contributed by atoms with Crippen molar-refractivity contribution in [3.8, 4) is 0 Å². The van der Waals surface area contributed by atoms with Crippen LogP contribution < -0.4 is 10.6 Å². The second kappa shape index (κ2) is 8.61. The van der Waals surface area contributed by atoms with Crippen LogP contribution in [-0.4, -0.2) is 29.8 Å². The predicted octanol–water partition coefficient (Wildman–Crippen LogP) is 5.56. The molecule has 0 saturated heterocycles. The van der Waals surface area contributed by atoms with E-state index in [0.29, 0.717) is 13.1 Å². The van der Waals surface area contributed by atoms with Crippen molar-refractivity contribution in [3.63, 3.8) is 0 Å². The Balaban J connectivity index is 1.66. The van der Waals surface area contributed by atoms with Gasteiger partial charge in [-0.3, -0.25) is 0 Å². The summed E-state index contributed by atoms with van der Waals surface area (Å²) in [6.45, 7) is 8.74. The number of aromatic amines is 1. The van der Waals surface area contributed by atoms with Crippen molar-refractivity contribution in [3.05, 3.63) is 54.2 Å². The van der Waals surface area contributed by atoms with Crippen LogP contribution in [0.15, 0.2) is 58.3 Å². The number of carbonyl (C=O) groups is 1. The van der Waals surface area contributed by atoms with Gasteiger partial charge in [0.2, 0.25) is 0 Å². The zero-order valence-corrected chi connectivity index (χ0v) is 17.6. The Bertz CT molecular complexity index is 946. The topological polar surface area (TPSA) is 66.2 Å². The Labute approximate surface area is 170 Å². The molecule has 1 heterocycles. The lowest BCUT2D eigenvalue weighted by molar-refractivity contribution is 0.0530. The van der Waals surface area contributed by atoms with Gasteiger partial charge in [-0.15, -0.1) is 0 Å². The lowest BCUT2D eigenvalue weighted by atomic mass is 10.2. The maximum Gasteiger partial charge on any atom is 0.407 e. The molecule has 0 aliphatic carbocycles. The van der Waals surface area contributed by atoms with Gasteiger partial charge in [0.25, 0.3) is 0 Å². The summed E-state index contributed by atoms with van der Waals surface area (Å²) in [7, 11) is 0. The van der Waals surface area contributed by atoms with Gasteiger partial charge in [-0.05, 0) is 45.9 Å². The third-order valence-corrected chi connectivity index (χ3v) is 5.27. The summed E-state index contributed by atoms with van der Waals surface area (Å²) >= 11 is 1.76. The van der Waals surface area contributed by atoms with Crippen LogP contribution >= 0.6 is 11.8 Å². The van der Waals surface area contributed by atoms with Crippen molar-refractivity contribution in [2.24, 2.45) is 0 Å². The van der Waals surface area contributed by atoms with E-state index in [9.17, 15) is 4.79 Å². The zero-order valence-electron chi connectivity index (χ0n) is 16.8. The smallest absolute Gasteiger partial charge is 0.407 e. The quantitative estimate of drug-likeness (QED) is 0.476. The van der Waals surface area contributed by atoms with Crippen LogP contribution in [0.3, 0.4) is 0 Å². The molecule has 28 heavy (non-hydrogen) atoms. The fourth-order valence-electron chi connectivity index (χ4n) is 2.88. The van der Waals surface area contributed by atoms with E-state index in [0.717, 1.165) is 16.9 Å². The van der Waals surface area contributed by atoms with E-state index in [1.807, 2.05) is 39.0 Å². The highest BCUT2D eigenvalue weighted by Gasteiger charge is 2.16. The van der Waals surface area contributed by atoms with Crippen molar-refractivity contribution < 1.29 is 9.53 Å². The molecular formula is C22H27N3O2S. The number of hydrogen-bond acceptors (Lipinski definition) is 4. The first-order chi connectivity index (χ1) is 13.3. The largest absolute Gasteiger partial charge is 0.444 e. The van der Waals surface area contributed by atoms with E-state index in [4.69, 9.17) is 4.74 Å². The Hall–Kier alpha value is -2.60. The molecule has 1 amide bonds. The minimum atomic E-state index is -0.488. The second-order valence-corrected chi connectivity index (χ2v) is 8.66. The molecule has 0 aliphatic rings. The highest BCUT2D eigenvalue weighted by atomic mass is 32.2. The number of H-pyrrole nitrogens is 1. The second-order valence-electron chi connectivity index (χ2n) is 7.58. The van der Waals surface area contributed by atoms with Gasteiger partial charge in [-0.2, -0.15) is 0 Å². The third kappa shape index (κ3) is 5.23. The van der Waals surface area contributed by atoms with Crippen LogP contribution in [0.5, 0.6) is 0 Å². The average Bonchev–Trinajstić information content (AvgIpc) is 2.95. The van der Waals surface area contributed by atoms with Crippen LogP contribution in [0.4, 0.5) is 10.5 Å². The van der Waals surface area contributed by atoms with Crippen LogP contribution in [0, 0.1) is 6.92 Å². The van der Waals surface area contributed by atoms with Crippen molar-refractivity contribution in [2.75, 3.05) is 18.4 Å². The lowest BCUT2D eigenvalue weighted by Gasteiger charge is -2.19. The summed E-state index contributed by atoms with van der Waals surface area (Å²) in [5.41, 5.74) is 2.75. The summed E-state index contributed by atoms with van der Waals surface area (Å²) in [5.74, 6) is 0. The Morgan fingerprint density at radius 1 is 1.07 bits per heavy atom. The molecule has 5 nitrogen and oxygen atoms in total. The fourth-order valence-corrected chi connectivity index (χ4v) is 3.90. The molecule has 0 bridgehead atoms. The molecule has 1 aromatic heterocycles. The van der Waals surface area contributed by atoms with Gasteiger partial charge in [-0.25, -0.2) is 4.79 Å². The summed E-state index contributed by atoms with van der Waals surface area (Å²) in [6.07, 6.45) is -0.398. The number of fused-ring (bicyclic) bond motifs is 1. The van der Waals surface area contributed by atoms with E-state index in [2.05, 4.69) is 52.9 Å². The van der Waals surface area contributed by atoms with Crippen molar-refractivity contribution in [2.45, 2.75) is 43.1 Å². The van der Waals surface area contributed by atoms with Crippen LogP contribution in [-0.2, 0) is 4.74 Å². The Kier molecular flexibility index (Phi) is 6.19. The maximum atomic E-state index is 11.7. The molecule has 148 valence electrons. The number of nitrogens with one attached hydrogen (secondary N) is 3. The number of anilines is 1. The molecule has 0 aliphatic heterocycles. The van der Waals surface area contributed by atoms with Crippen LogP contribution in [0.2, 0.25) is 0 Å². The number of carbonyl (C=O) groups excluding carboxylic acids is 1. The van der Waals surface area contributed by atoms with E-state index in [1.54, 1.807) is 11.8 Å². The zero-order chi connectivity index (χ0) is 20.1. The summed E-state index contributed by atoms with van der Waals surface area (Å²) in [4.78, 5) is 17.7. The third-order valence-electron chi connectivity index (χ3n) is 4.03. The van der Waals surface area contributed by atoms with E-state index in [-0.39, 0.29) is 0 Å². The standard InChI is InChI=1S/C22H27N3O2S/c1-15-20(28-16-9-6-5-7-10-16)17-11-8-12-18(19(17)25-15)23-13-14-24-21(26)27-22(2,3)4/h5-12,23,25H,13-14H2,1-4H3,(H,24,26). The van der Waals surface area contributed by atoms with Crippen LogP contribution in [0.25, 0.3) is 10.9 Å². The number of hydrogen-bond donors (Lipinski definition) is 3. The lowest BCUT2D eigenvalue weighted by Crippen LogP contribution is -2.35. The Morgan fingerprint density at radius 2 is 1.82 bits per heavy atom.